The minimum Gasteiger partial charge on any atom is -0.296 e. The molecule has 0 aromatic carbocycles. The maximum atomic E-state index is 4.64. The molecule has 1 fully saturated rings. The normalized spacial score (nSPS) is 20.9. The number of rotatable bonds is 4. The lowest BCUT2D eigenvalue weighted by molar-refractivity contribution is 0.257. The van der Waals surface area contributed by atoms with Gasteiger partial charge < -0.3 is 0 Å². The van der Waals surface area contributed by atoms with E-state index in [2.05, 4.69) is 55.9 Å². The van der Waals surface area contributed by atoms with Gasteiger partial charge in [0, 0.05) is 17.0 Å². The van der Waals surface area contributed by atoms with Crippen molar-refractivity contribution in [3.8, 4) is 0 Å². The molecule has 0 amide bonds. The lowest BCUT2D eigenvalue weighted by atomic mass is 10.1. The van der Waals surface area contributed by atoms with Gasteiger partial charge in [0.25, 0.3) is 0 Å². The van der Waals surface area contributed by atoms with Crippen LogP contribution in [0, 0.1) is 0 Å². The van der Waals surface area contributed by atoms with Crippen LogP contribution >= 0.6 is 11.8 Å². The number of pyridine rings is 1. The molecule has 1 aromatic heterocycles. The summed E-state index contributed by atoms with van der Waals surface area (Å²) in [6, 6.07) is 5.06. The highest BCUT2D eigenvalue weighted by Crippen LogP contribution is 2.34. The van der Waals surface area contributed by atoms with Gasteiger partial charge in [0.2, 0.25) is 0 Å². The molecular weight excluding hydrogens is 252 g/mol. The van der Waals surface area contributed by atoms with Gasteiger partial charge in [-0.05, 0) is 44.0 Å². The fraction of sp³-hybridized carbons (Fsp3) is 0.688. The van der Waals surface area contributed by atoms with Crippen LogP contribution in [0.4, 0.5) is 0 Å². The minimum atomic E-state index is 0.232. The van der Waals surface area contributed by atoms with Gasteiger partial charge >= 0.3 is 0 Å². The van der Waals surface area contributed by atoms with E-state index in [-0.39, 0.29) is 4.75 Å². The van der Waals surface area contributed by atoms with E-state index < -0.39 is 0 Å². The van der Waals surface area contributed by atoms with Crippen LogP contribution in [0.15, 0.2) is 23.4 Å². The second-order valence-corrected chi connectivity index (χ2v) is 8.19. The van der Waals surface area contributed by atoms with Gasteiger partial charge in [-0.1, -0.05) is 33.8 Å². The molecule has 0 bridgehead atoms. The number of hydrogen-bond acceptors (Lipinski definition) is 3. The van der Waals surface area contributed by atoms with Crippen molar-refractivity contribution < 1.29 is 0 Å². The third kappa shape index (κ3) is 4.22. The van der Waals surface area contributed by atoms with Gasteiger partial charge in [0.15, 0.2) is 0 Å². The largest absolute Gasteiger partial charge is 0.296 e. The van der Waals surface area contributed by atoms with Crippen LogP contribution < -0.4 is 0 Å². The Bertz CT molecular complexity index is 394. The van der Waals surface area contributed by atoms with E-state index in [0.717, 1.165) is 5.03 Å². The summed E-state index contributed by atoms with van der Waals surface area (Å²) in [7, 11) is 0. The standard InChI is InChI=1S/C16H26N2S/c1-5-10-18-11-6-7-14(18)13-8-9-15(17-12-13)19-16(2,3)4/h8-9,12,14H,5-7,10-11H2,1-4H3. The molecule has 0 spiro atoms. The number of likely N-dealkylation sites (tertiary alicyclic amines) is 1. The van der Waals surface area contributed by atoms with E-state index in [9.17, 15) is 0 Å². The molecule has 0 radical (unpaired) electrons. The molecule has 106 valence electrons. The first-order chi connectivity index (χ1) is 8.99. The summed E-state index contributed by atoms with van der Waals surface area (Å²) in [5.41, 5.74) is 1.39. The molecule has 3 heteroatoms. The number of hydrogen-bond donors (Lipinski definition) is 0. The Morgan fingerprint density at radius 2 is 2.16 bits per heavy atom. The molecule has 0 saturated carbocycles. The molecule has 19 heavy (non-hydrogen) atoms. The Labute approximate surface area is 122 Å². The first-order valence-electron chi connectivity index (χ1n) is 7.38. The van der Waals surface area contributed by atoms with Gasteiger partial charge in [-0.25, -0.2) is 4.98 Å². The molecule has 0 N–H and O–H groups in total. The second kappa shape index (κ2) is 6.27. The van der Waals surface area contributed by atoms with Crippen LogP contribution in [0.5, 0.6) is 0 Å². The molecule has 1 aromatic rings. The zero-order valence-electron chi connectivity index (χ0n) is 12.6. The van der Waals surface area contributed by atoms with Crippen molar-refractivity contribution in [1.82, 2.24) is 9.88 Å². The summed E-state index contributed by atoms with van der Waals surface area (Å²) >= 11 is 1.84. The maximum absolute atomic E-state index is 4.64. The first-order valence-corrected chi connectivity index (χ1v) is 8.20. The molecular formula is C16H26N2S. The fourth-order valence-electron chi connectivity index (χ4n) is 2.72. The van der Waals surface area contributed by atoms with Crippen molar-refractivity contribution in [2.24, 2.45) is 0 Å². The summed E-state index contributed by atoms with van der Waals surface area (Å²) in [5.74, 6) is 0. The van der Waals surface area contributed by atoms with Crippen LogP contribution in [0.25, 0.3) is 0 Å². The Morgan fingerprint density at radius 3 is 2.74 bits per heavy atom. The van der Waals surface area contributed by atoms with Crippen LogP contribution in [0.1, 0.15) is 58.6 Å². The van der Waals surface area contributed by atoms with Crippen molar-refractivity contribution >= 4 is 11.8 Å². The van der Waals surface area contributed by atoms with E-state index in [1.54, 1.807) is 0 Å². The van der Waals surface area contributed by atoms with Crippen molar-refractivity contribution in [2.75, 3.05) is 13.1 Å². The predicted octanol–water partition coefficient (Wildman–Crippen LogP) is 4.52. The fourth-order valence-corrected chi connectivity index (χ4v) is 3.59. The Morgan fingerprint density at radius 1 is 1.37 bits per heavy atom. The Kier molecular flexibility index (Phi) is 4.91. The minimum absolute atomic E-state index is 0.232. The summed E-state index contributed by atoms with van der Waals surface area (Å²) in [6.07, 6.45) is 5.94. The van der Waals surface area contributed by atoms with E-state index in [1.807, 2.05) is 11.8 Å². The topological polar surface area (TPSA) is 16.1 Å². The quantitative estimate of drug-likeness (QED) is 0.753. The predicted molar refractivity (Wildman–Crippen MR) is 83.7 cm³/mol. The molecule has 1 atom stereocenters. The summed E-state index contributed by atoms with van der Waals surface area (Å²) in [4.78, 5) is 7.24. The molecule has 2 rings (SSSR count). The maximum Gasteiger partial charge on any atom is 0.0965 e. The number of nitrogens with zero attached hydrogens (tertiary/aromatic N) is 2. The van der Waals surface area contributed by atoms with E-state index >= 15 is 0 Å². The van der Waals surface area contributed by atoms with Gasteiger partial charge in [-0.2, -0.15) is 0 Å². The van der Waals surface area contributed by atoms with Gasteiger partial charge in [-0.3, -0.25) is 4.90 Å². The lowest BCUT2D eigenvalue weighted by Crippen LogP contribution is -2.24. The van der Waals surface area contributed by atoms with E-state index in [0.29, 0.717) is 6.04 Å². The average Bonchev–Trinajstić information content (AvgIpc) is 2.77. The monoisotopic (exact) mass is 278 g/mol. The van der Waals surface area contributed by atoms with E-state index in [1.165, 1.54) is 37.9 Å². The lowest BCUT2D eigenvalue weighted by Gasteiger charge is -2.24. The molecule has 1 unspecified atom stereocenters. The van der Waals surface area contributed by atoms with E-state index in [4.69, 9.17) is 0 Å². The number of thioether (sulfide) groups is 1. The van der Waals surface area contributed by atoms with Gasteiger partial charge in [-0.15, -0.1) is 11.8 Å². The van der Waals surface area contributed by atoms with Crippen molar-refractivity contribution in [3.05, 3.63) is 23.9 Å². The SMILES string of the molecule is CCCN1CCCC1c1ccc(SC(C)(C)C)nc1. The molecule has 0 aliphatic carbocycles. The van der Waals surface area contributed by atoms with Gasteiger partial charge in [0.1, 0.15) is 0 Å². The summed E-state index contributed by atoms with van der Waals surface area (Å²) < 4.78 is 0.232. The zero-order valence-corrected chi connectivity index (χ0v) is 13.5. The van der Waals surface area contributed by atoms with Crippen LogP contribution in [0.3, 0.4) is 0 Å². The Balaban J connectivity index is 2.05. The van der Waals surface area contributed by atoms with Crippen molar-refractivity contribution in [3.63, 3.8) is 0 Å². The second-order valence-electron chi connectivity index (χ2n) is 6.34. The average molecular weight is 278 g/mol. The van der Waals surface area contributed by atoms with Gasteiger partial charge in [0.05, 0.1) is 5.03 Å². The highest BCUT2D eigenvalue weighted by molar-refractivity contribution is 8.00. The van der Waals surface area contributed by atoms with Crippen LogP contribution in [0.2, 0.25) is 0 Å². The molecule has 1 aliphatic heterocycles. The molecule has 1 aliphatic rings. The molecule has 2 heterocycles. The smallest absolute Gasteiger partial charge is 0.0965 e. The van der Waals surface area contributed by atoms with Crippen molar-refractivity contribution in [2.45, 2.75) is 62.8 Å². The van der Waals surface area contributed by atoms with Crippen LogP contribution in [-0.2, 0) is 0 Å². The first kappa shape index (κ1) is 14.9. The summed E-state index contributed by atoms with van der Waals surface area (Å²) in [5, 5.41) is 1.14. The molecule has 2 nitrogen and oxygen atoms in total. The molecule has 1 saturated heterocycles. The highest BCUT2D eigenvalue weighted by atomic mass is 32.2. The number of aromatic nitrogens is 1. The summed E-state index contributed by atoms with van der Waals surface area (Å²) in [6.45, 7) is 11.4. The Hall–Kier alpha value is -0.540. The van der Waals surface area contributed by atoms with Crippen molar-refractivity contribution in [1.29, 1.82) is 0 Å². The third-order valence-corrected chi connectivity index (χ3v) is 4.49. The zero-order chi connectivity index (χ0) is 13.9. The highest BCUT2D eigenvalue weighted by Gasteiger charge is 2.25. The van der Waals surface area contributed by atoms with Crippen LogP contribution in [-0.4, -0.2) is 27.7 Å². The third-order valence-electron chi connectivity index (χ3n) is 3.43.